The van der Waals surface area contributed by atoms with Crippen LogP contribution in [0, 0.1) is 17.7 Å². The van der Waals surface area contributed by atoms with Crippen molar-refractivity contribution < 1.29 is 4.39 Å². The first-order valence-corrected chi connectivity index (χ1v) is 8.10. The molecule has 19 heavy (non-hydrogen) atoms. The Morgan fingerprint density at radius 3 is 2.84 bits per heavy atom. The molecule has 0 spiro atoms. The van der Waals surface area contributed by atoms with E-state index in [4.69, 9.17) is 0 Å². The highest BCUT2D eigenvalue weighted by Gasteiger charge is 2.30. The molecule has 0 aliphatic heterocycles. The van der Waals surface area contributed by atoms with Gasteiger partial charge in [0.1, 0.15) is 5.82 Å². The summed E-state index contributed by atoms with van der Waals surface area (Å²) in [5.41, 5.74) is 0.809. The van der Waals surface area contributed by atoms with E-state index < -0.39 is 0 Å². The Bertz CT molecular complexity index is 401. The maximum atomic E-state index is 14.2. The molecule has 1 aromatic carbocycles. The van der Waals surface area contributed by atoms with Gasteiger partial charge in [-0.15, -0.1) is 0 Å². The first kappa shape index (κ1) is 15.0. The first-order chi connectivity index (χ1) is 9.13. The third-order valence-corrected chi connectivity index (χ3v) is 4.87. The van der Waals surface area contributed by atoms with Crippen molar-refractivity contribution in [1.82, 2.24) is 5.32 Å². The maximum absolute atomic E-state index is 14.2. The minimum absolute atomic E-state index is 0.0986. The molecule has 1 nitrogen and oxygen atoms in total. The summed E-state index contributed by atoms with van der Waals surface area (Å²) in [6, 6.07) is 5.39. The monoisotopic (exact) mass is 327 g/mol. The van der Waals surface area contributed by atoms with Gasteiger partial charge in [-0.05, 0) is 43.4 Å². The second-order valence-electron chi connectivity index (χ2n) is 5.70. The number of rotatable bonds is 4. The number of nitrogens with one attached hydrogen (secondary N) is 1. The van der Waals surface area contributed by atoms with Gasteiger partial charge in [-0.25, -0.2) is 4.39 Å². The summed E-state index contributed by atoms with van der Waals surface area (Å²) in [5.74, 6) is 1.20. The molecule has 3 heteroatoms. The van der Waals surface area contributed by atoms with Gasteiger partial charge in [-0.3, -0.25) is 0 Å². The van der Waals surface area contributed by atoms with Crippen LogP contribution in [0.15, 0.2) is 22.7 Å². The Morgan fingerprint density at radius 1 is 1.42 bits per heavy atom. The zero-order chi connectivity index (χ0) is 13.8. The van der Waals surface area contributed by atoms with Crippen LogP contribution in [0.3, 0.4) is 0 Å². The lowest BCUT2D eigenvalue weighted by Gasteiger charge is -2.34. The Labute approximate surface area is 124 Å². The van der Waals surface area contributed by atoms with Crippen LogP contribution in [0.25, 0.3) is 0 Å². The number of hydrogen-bond acceptors (Lipinski definition) is 1. The van der Waals surface area contributed by atoms with Gasteiger partial charge >= 0.3 is 0 Å². The van der Waals surface area contributed by atoms with E-state index in [9.17, 15) is 4.39 Å². The van der Waals surface area contributed by atoms with Gasteiger partial charge in [-0.2, -0.15) is 0 Å². The van der Waals surface area contributed by atoms with Crippen LogP contribution >= 0.6 is 15.9 Å². The molecule has 0 aromatic heterocycles. The van der Waals surface area contributed by atoms with Crippen LogP contribution in [0.4, 0.5) is 4.39 Å². The average molecular weight is 328 g/mol. The van der Waals surface area contributed by atoms with E-state index in [-0.39, 0.29) is 11.9 Å². The van der Waals surface area contributed by atoms with Crippen molar-refractivity contribution in [2.45, 2.75) is 45.6 Å². The highest BCUT2D eigenvalue weighted by molar-refractivity contribution is 9.10. The molecule has 1 aliphatic carbocycles. The van der Waals surface area contributed by atoms with E-state index in [0.717, 1.165) is 22.5 Å². The molecule has 1 saturated carbocycles. The van der Waals surface area contributed by atoms with E-state index in [2.05, 4.69) is 35.1 Å². The van der Waals surface area contributed by atoms with Crippen LogP contribution in [0.1, 0.15) is 51.1 Å². The molecular weight excluding hydrogens is 305 g/mol. The number of halogens is 2. The number of hydrogen-bond donors (Lipinski definition) is 1. The van der Waals surface area contributed by atoms with Crippen molar-refractivity contribution >= 4 is 15.9 Å². The van der Waals surface area contributed by atoms with Crippen molar-refractivity contribution in [3.8, 4) is 0 Å². The van der Waals surface area contributed by atoms with Crippen LogP contribution in [-0.4, -0.2) is 6.54 Å². The summed E-state index contributed by atoms with van der Waals surface area (Å²) in [5, 5.41) is 3.50. The molecule has 1 N–H and O–H groups in total. The fourth-order valence-electron chi connectivity index (χ4n) is 3.32. The second-order valence-corrected chi connectivity index (χ2v) is 6.56. The van der Waals surface area contributed by atoms with Gasteiger partial charge in [0.25, 0.3) is 0 Å². The van der Waals surface area contributed by atoms with Crippen LogP contribution in [-0.2, 0) is 0 Å². The summed E-state index contributed by atoms with van der Waals surface area (Å²) in [7, 11) is 0. The predicted molar refractivity (Wildman–Crippen MR) is 81.6 cm³/mol. The Balaban J connectivity index is 2.28. The molecule has 1 fully saturated rings. The molecular formula is C16H23BrFN. The lowest BCUT2D eigenvalue weighted by Crippen LogP contribution is -2.32. The van der Waals surface area contributed by atoms with Crippen LogP contribution < -0.4 is 5.32 Å². The molecule has 0 amide bonds. The molecule has 0 radical (unpaired) electrons. The smallest absolute Gasteiger partial charge is 0.129 e. The fourth-order valence-corrected chi connectivity index (χ4v) is 3.90. The molecule has 0 heterocycles. The quantitative estimate of drug-likeness (QED) is 0.814. The lowest BCUT2D eigenvalue weighted by atomic mass is 9.76. The van der Waals surface area contributed by atoms with E-state index in [1.807, 2.05) is 6.07 Å². The van der Waals surface area contributed by atoms with E-state index in [0.29, 0.717) is 5.92 Å². The third kappa shape index (κ3) is 3.57. The van der Waals surface area contributed by atoms with E-state index >= 15 is 0 Å². The minimum Gasteiger partial charge on any atom is -0.310 e. The van der Waals surface area contributed by atoms with Gasteiger partial charge in [-0.1, -0.05) is 48.7 Å². The van der Waals surface area contributed by atoms with Crippen molar-refractivity contribution in [2.75, 3.05) is 6.54 Å². The molecule has 0 bridgehead atoms. The number of benzene rings is 1. The zero-order valence-electron chi connectivity index (χ0n) is 11.8. The van der Waals surface area contributed by atoms with Crippen LogP contribution in [0.2, 0.25) is 0 Å². The molecule has 2 rings (SSSR count). The van der Waals surface area contributed by atoms with Crippen molar-refractivity contribution in [1.29, 1.82) is 0 Å². The highest BCUT2D eigenvalue weighted by Crippen LogP contribution is 2.40. The Morgan fingerprint density at radius 2 is 2.21 bits per heavy atom. The van der Waals surface area contributed by atoms with Gasteiger partial charge in [0, 0.05) is 16.1 Å². The van der Waals surface area contributed by atoms with Gasteiger partial charge < -0.3 is 5.32 Å². The van der Waals surface area contributed by atoms with Crippen molar-refractivity contribution in [2.24, 2.45) is 11.8 Å². The van der Waals surface area contributed by atoms with Gasteiger partial charge in [0.2, 0.25) is 0 Å². The van der Waals surface area contributed by atoms with E-state index in [1.165, 1.54) is 25.7 Å². The largest absolute Gasteiger partial charge is 0.310 e. The molecule has 106 valence electrons. The molecule has 3 atom stereocenters. The summed E-state index contributed by atoms with van der Waals surface area (Å²) in [6.07, 6.45) is 4.97. The third-order valence-electron chi connectivity index (χ3n) is 4.18. The van der Waals surface area contributed by atoms with Gasteiger partial charge in [0.05, 0.1) is 0 Å². The highest BCUT2D eigenvalue weighted by atomic mass is 79.9. The molecule has 1 aromatic rings. The predicted octanol–water partition coefficient (Wildman–Crippen LogP) is 5.07. The molecule has 3 unspecified atom stereocenters. The second kappa shape index (κ2) is 6.85. The van der Waals surface area contributed by atoms with Crippen LogP contribution in [0.5, 0.6) is 0 Å². The zero-order valence-corrected chi connectivity index (χ0v) is 13.3. The lowest BCUT2D eigenvalue weighted by molar-refractivity contribution is 0.222. The molecule has 0 saturated heterocycles. The Hall–Kier alpha value is -0.410. The Kier molecular flexibility index (Phi) is 5.40. The SMILES string of the molecule is CCNC(c1c(F)cccc1Br)C1CCCC(C)C1. The summed E-state index contributed by atoms with van der Waals surface area (Å²) in [4.78, 5) is 0. The first-order valence-electron chi connectivity index (χ1n) is 7.30. The maximum Gasteiger partial charge on any atom is 0.129 e. The van der Waals surface area contributed by atoms with E-state index in [1.54, 1.807) is 12.1 Å². The van der Waals surface area contributed by atoms with Gasteiger partial charge in [0.15, 0.2) is 0 Å². The summed E-state index contributed by atoms with van der Waals surface area (Å²) >= 11 is 3.52. The van der Waals surface area contributed by atoms with Crippen molar-refractivity contribution in [3.05, 3.63) is 34.1 Å². The molecule has 1 aliphatic rings. The normalized spacial score (nSPS) is 25.3. The topological polar surface area (TPSA) is 12.0 Å². The summed E-state index contributed by atoms with van der Waals surface area (Å²) < 4.78 is 15.1. The standard InChI is InChI=1S/C16H23BrFN/c1-3-19-16(12-7-4-6-11(2)10-12)15-13(17)8-5-9-14(15)18/h5,8-9,11-12,16,19H,3-4,6-7,10H2,1-2H3. The fraction of sp³-hybridized carbons (Fsp3) is 0.625. The van der Waals surface area contributed by atoms with Crippen molar-refractivity contribution in [3.63, 3.8) is 0 Å². The minimum atomic E-state index is -0.0986. The average Bonchev–Trinajstić information content (AvgIpc) is 2.37. The summed E-state index contributed by atoms with van der Waals surface area (Å²) in [6.45, 7) is 5.27.